The lowest BCUT2D eigenvalue weighted by Gasteiger charge is -2.26. The number of hydrogen-bond donors (Lipinski definition) is 2. The summed E-state index contributed by atoms with van der Waals surface area (Å²) in [6.07, 6.45) is 2.45. The Morgan fingerprint density at radius 2 is 1.95 bits per heavy atom. The topological polar surface area (TPSA) is 79.3 Å². The fourth-order valence-electron chi connectivity index (χ4n) is 1.83. The predicted octanol–water partition coefficient (Wildman–Crippen LogP) is 2.01. The Morgan fingerprint density at radius 1 is 1.32 bits per heavy atom. The second-order valence-corrected chi connectivity index (χ2v) is 4.66. The molecule has 0 aliphatic rings. The van der Waals surface area contributed by atoms with E-state index in [-0.39, 0.29) is 12.5 Å². The number of aromatic nitrogens is 1. The van der Waals surface area contributed by atoms with Crippen LogP contribution in [0.15, 0.2) is 18.3 Å². The minimum Gasteiger partial charge on any atom is -0.481 e. The zero-order valence-corrected chi connectivity index (χ0v) is 11.6. The Hall–Kier alpha value is -1.91. The van der Waals surface area contributed by atoms with Gasteiger partial charge in [0, 0.05) is 18.4 Å². The lowest BCUT2D eigenvalue weighted by molar-refractivity contribution is -0.149. The zero-order valence-electron chi connectivity index (χ0n) is 11.6. The lowest BCUT2D eigenvalue weighted by Crippen LogP contribution is -2.42. The second-order valence-electron chi connectivity index (χ2n) is 4.66. The Bertz CT molecular complexity index is 450. The highest BCUT2D eigenvalue weighted by Gasteiger charge is 2.35. The van der Waals surface area contributed by atoms with Crippen molar-refractivity contribution in [3.8, 4) is 0 Å². The lowest BCUT2D eigenvalue weighted by atomic mass is 9.82. The number of nitrogens with zero attached hydrogens (tertiary/aromatic N) is 1. The molecule has 0 aromatic carbocycles. The normalized spacial score (nSPS) is 11.1. The van der Waals surface area contributed by atoms with Crippen LogP contribution in [0.3, 0.4) is 0 Å². The monoisotopic (exact) mass is 264 g/mol. The van der Waals surface area contributed by atoms with Gasteiger partial charge in [0.15, 0.2) is 0 Å². The van der Waals surface area contributed by atoms with Crippen LogP contribution in [-0.4, -0.2) is 28.5 Å². The molecule has 1 rings (SSSR count). The van der Waals surface area contributed by atoms with Gasteiger partial charge in [-0.25, -0.2) is 0 Å². The van der Waals surface area contributed by atoms with Gasteiger partial charge in [-0.15, -0.1) is 0 Å². The highest BCUT2D eigenvalue weighted by atomic mass is 16.4. The molecule has 0 atom stereocenters. The molecule has 0 unspecified atom stereocenters. The average molecular weight is 264 g/mol. The molecule has 104 valence electrons. The summed E-state index contributed by atoms with van der Waals surface area (Å²) in [5.74, 6) is -1.17. The standard InChI is InChI=1S/C14H20N2O3/c1-4-14(5-2,13(18)19)9-16-12(17)11-7-6-10(3)15-8-11/h6-8H,4-5,9H2,1-3H3,(H,16,17)(H,18,19). The van der Waals surface area contributed by atoms with E-state index in [2.05, 4.69) is 10.3 Å². The van der Waals surface area contributed by atoms with Crippen LogP contribution in [0.2, 0.25) is 0 Å². The molecular formula is C14H20N2O3. The molecule has 0 radical (unpaired) electrons. The van der Waals surface area contributed by atoms with Gasteiger partial charge in [0.05, 0.1) is 11.0 Å². The van der Waals surface area contributed by atoms with Crippen LogP contribution in [0.25, 0.3) is 0 Å². The zero-order chi connectivity index (χ0) is 14.5. The first-order valence-corrected chi connectivity index (χ1v) is 6.39. The summed E-state index contributed by atoms with van der Waals surface area (Å²) in [5, 5.41) is 12.0. The van der Waals surface area contributed by atoms with Gasteiger partial charge < -0.3 is 10.4 Å². The highest BCUT2D eigenvalue weighted by molar-refractivity contribution is 5.94. The maximum atomic E-state index is 11.9. The van der Waals surface area contributed by atoms with Crippen LogP contribution in [0, 0.1) is 12.3 Å². The van der Waals surface area contributed by atoms with Crippen LogP contribution >= 0.6 is 0 Å². The number of carboxylic acids is 1. The van der Waals surface area contributed by atoms with E-state index in [9.17, 15) is 14.7 Å². The van der Waals surface area contributed by atoms with Crippen LogP contribution in [0.1, 0.15) is 42.7 Å². The molecule has 0 aliphatic carbocycles. The molecule has 1 amide bonds. The molecule has 1 heterocycles. The molecule has 5 heteroatoms. The highest BCUT2D eigenvalue weighted by Crippen LogP contribution is 2.25. The van der Waals surface area contributed by atoms with Gasteiger partial charge >= 0.3 is 5.97 Å². The van der Waals surface area contributed by atoms with E-state index in [1.807, 2.05) is 20.8 Å². The molecule has 0 aliphatic heterocycles. The van der Waals surface area contributed by atoms with Gasteiger partial charge in [-0.3, -0.25) is 14.6 Å². The number of carbonyl (C=O) groups excluding carboxylic acids is 1. The summed E-state index contributed by atoms with van der Waals surface area (Å²) >= 11 is 0. The third-order valence-corrected chi connectivity index (χ3v) is 3.57. The molecule has 1 aromatic rings. The molecule has 2 N–H and O–H groups in total. The first-order valence-electron chi connectivity index (χ1n) is 6.39. The third-order valence-electron chi connectivity index (χ3n) is 3.57. The fourth-order valence-corrected chi connectivity index (χ4v) is 1.83. The van der Waals surface area contributed by atoms with E-state index in [0.29, 0.717) is 18.4 Å². The summed E-state index contributed by atoms with van der Waals surface area (Å²) in [7, 11) is 0. The summed E-state index contributed by atoms with van der Waals surface area (Å²) < 4.78 is 0. The van der Waals surface area contributed by atoms with Crippen molar-refractivity contribution in [3.05, 3.63) is 29.6 Å². The smallest absolute Gasteiger partial charge is 0.311 e. The molecule has 0 saturated carbocycles. The van der Waals surface area contributed by atoms with Gasteiger partial charge in [0.1, 0.15) is 0 Å². The Kier molecular flexibility index (Phi) is 5.03. The minimum atomic E-state index is -0.895. The Balaban J connectivity index is 2.72. The summed E-state index contributed by atoms with van der Waals surface area (Å²) in [5.41, 5.74) is 0.379. The maximum Gasteiger partial charge on any atom is 0.311 e. The molecule has 5 nitrogen and oxygen atoms in total. The number of aliphatic carboxylic acids is 1. The number of aryl methyl sites for hydroxylation is 1. The van der Waals surface area contributed by atoms with Crippen molar-refractivity contribution in [2.45, 2.75) is 33.6 Å². The van der Waals surface area contributed by atoms with E-state index >= 15 is 0 Å². The summed E-state index contributed by atoms with van der Waals surface area (Å²) in [6.45, 7) is 5.60. The predicted molar refractivity (Wildman–Crippen MR) is 72.0 cm³/mol. The SMILES string of the molecule is CCC(CC)(CNC(=O)c1ccc(C)nc1)C(=O)O. The van der Waals surface area contributed by atoms with Crippen molar-refractivity contribution < 1.29 is 14.7 Å². The number of hydrogen-bond acceptors (Lipinski definition) is 3. The first-order chi connectivity index (χ1) is 8.95. The number of amides is 1. The number of nitrogens with one attached hydrogen (secondary N) is 1. The van der Waals surface area contributed by atoms with Crippen LogP contribution in [-0.2, 0) is 4.79 Å². The molecule has 1 aromatic heterocycles. The van der Waals surface area contributed by atoms with Gasteiger partial charge in [-0.1, -0.05) is 13.8 Å². The van der Waals surface area contributed by atoms with Gasteiger partial charge in [-0.05, 0) is 31.9 Å². The van der Waals surface area contributed by atoms with Crippen LogP contribution in [0.4, 0.5) is 0 Å². The quantitative estimate of drug-likeness (QED) is 0.823. The average Bonchev–Trinajstić information content (AvgIpc) is 2.40. The van der Waals surface area contributed by atoms with Crippen LogP contribution < -0.4 is 5.32 Å². The Morgan fingerprint density at radius 3 is 2.37 bits per heavy atom. The molecule has 0 fully saturated rings. The second kappa shape index (κ2) is 6.31. The third kappa shape index (κ3) is 3.53. The summed E-state index contributed by atoms with van der Waals surface area (Å²) in [6, 6.07) is 3.43. The van der Waals surface area contributed by atoms with Crippen molar-refractivity contribution in [2.24, 2.45) is 5.41 Å². The maximum absolute atomic E-state index is 11.9. The molecule has 0 saturated heterocycles. The fraction of sp³-hybridized carbons (Fsp3) is 0.500. The number of rotatable bonds is 6. The molecule has 19 heavy (non-hydrogen) atoms. The van der Waals surface area contributed by atoms with Crippen molar-refractivity contribution in [3.63, 3.8) is 0 Å². The van der Waals surface area contributed by atoms with Crippen molar-refractivity contribution >= 4 is 11.9 Å². The van der Waals surface area contributed by atoms with Gasteiger partial charge in [0.2, 0.25) is 0 Å². The Labute approximate surface area is 113 Å². The van der Waals surface area contributed by atoms with Crippen molar-refractivity contribution in [2.75, 3.05) is 6.54 Å². The number of carboxylic acid groups (broad SMARTS) is 1. The van der Waals surface area contributed by atoms with E-state index in [4.69, 9.17) is 0 Å². The van der Waals surface area contributed by atoms with Gasteiger partial charge in [0.25, 0.3) is 5.91 Å². The van der Waals surface area contributed by atoms with Crippen molar-refractivity contribution in [1.82, 2.24) is 10.3 Å². The molecule has 0 spiro atoms. The first kappa shape index (κ1) is 15.1. The molecule has 0 bridgehead atoms. The van der Waals surface area contributed by atoms with E-state index in [1.165, 1.54) is 6.20 Å². The van der Waals surface area contributed by atoms with E-state index < -0.39 is 11.4 Å². The molecular weight excluding hydrogens is 244 g/mol. The van der Waals surface area contributed by atoms with Crippen molar-refractivity contribution in [1.29, 1.82) is 0 Å². The van der Waals surface area contributed by atoms with Crippen LogP contribution in [0.5, 0.6) is 0 Å². The summed E-state index contributed by atoms with van der Waals surface area (Å²) in [4.78, 5) is 27.3. The van der Waals surface area contributed by atoms with E-state index in [1.54, 1.807) is 12.1 Å². The number of carbonyl (C=O) groups is 2. The minimum absolute atomic E-state index is 0.127. The largest absolute Gasteiger partial charge is 0.481 e. The van der Waals surface area contributed by atoms with Gasteiger partial charge in [-0.2, -0.15) is 0 Å². The number of pyridine rings is 1. The van der Waals surface area contributed by atoms with E-state index in [0.717, 1.165) is 5.69 Å².